The Bertz CT molecular complexity index is 588. The van der Waals surface area contributed by atoms with E-state index in [0.717, 1.165) is 0 Å². The van der Waals surface area contributed by atoms with Crippen molar-refractivity contribution >= 4 is 21.6 Å². The Morgan fingerprint density at radius 2 is 1.90 bits per heavy atom. The molecule has 0 aliphatic heterocycles. The maximum atomic E-state index is 12.6. The van der Waals surface area contributed by atoms with Crippen molar-refractivity contribution in [2.75, 3.05) is 13.1 Å². The molecule has 0 aliphatic rings. The monoisotopic (exact) mass is 343 g/mol. The number of hydrogen-bond acceptors (Lipinski definition) is 2. The van der Waals surface area contributed by atoms with Crippen LogP contribution in [0.15, 0.2) is 23.1 Å². The van der Waals surface area contributed by atoms with Gasteiger partial charge in [-0.15, -0.1) is 11.6 Å². The van der Waals surface area contributed by atoms with Gasteiger partial charge in [-0.2, -0.15) is 17.5 Å². The molecule has 3 nitrogen and oxygen atoms in total. The number of sulfonamides is 1. The molecular weight excluding hydrogens is 327 g/mol. The molecule has 0 heterocycles. The lowest BCUT2D eigenvalue weighted by atomic mass is 10.1. The molecule has 0 aliphatic carbocycles. The van der Waals surface area contributed by atoms with Crippen LogP contribution in [0.5, 0.6) is 0 Å². The molecule has 0 aromatic heterocycles. The van der Waals surface area contributed by atoms with Crippen molar-refractivity contribution in [2.45, 2.75) is 37.2 Å². The van der Waals surface area contributed by atoms with Gasteiger partial charge in [0.25, 0.3) is 0 Å². The van der Waals surface area contributed by atoms with Crippen molar-refractivity contribution in [3.8, 4) is 0 Å². The van der Waals surface area contributed by atoms with Crippen LogP contribution >= 0.6 is 11.6 Å². The standard InChI is InChI=1S/C13H17ClF3NO2S/c1-3-7-18(9-13(15,16)17)21(19,20)12-6-4-5-11(8-14)10(12)2/h4-6H,3,7-9H2,1-2H3. The zero-order chi connectivity index (χ0) is 16.3. The van der Waals surface area contributed by atoms with E-state index >= 15 is 0 Å². The van der Waals surface area contributed by atoms with Crippen molar-refractivity contribution in [2.24, 2.45) is 0 Å². The first kappa shape index (κ1) is 18.3. The van der Waals surface area contributed by atoms with Gasteiger partial charge in [0, 0.05) is 12.4 Å². The molecule has 0 N–H and O–H groups in total. The van der Waals surface area contributed by atoms with Gasteiger partial charge in [0.05, 0.1) is 4.90 Å². The Labute approximate surface area is 127 Å². The lowest BCUT2D eigenvalue weighted by molar-refractivity contribution is -0.136. The van der Waals surface area contributed by atoms with Crippen LogP contribution in [0.25, 0.3) is 0 Å². The van der Waals surface area contributed by atoms with Crippen molar-refractivity contribution in [1.82, 2.24) is 4.31 Å². The molecule has 120 valence electrons. The van der Waals surface area contributed by atoms with Crippen molar-refractivity contribution < 1.29 is 21.6 Å². The average molecular weight is 344 g/mol. The fraction of sp³-hybridized carbons (Fsp3) is 0.538. The van der Waals surface area contributed by atoms with Crippen LogP contribution in [-0.2, 0) is 15.9 Å². The third-order valence-corrected chi connectivity index (χ3v) is 5.26. The van der Waals surface area contributed by atoms with Gasteiger partial charge >= 0.3 is 6.18 Å². The Morgan fingerprint density at radius 3 is 2.38 bits per heavy atom. The van der Waals surface area contributed by atoms with Gasteiger partial charge in [-0.25, -0.2) is 8.42 Å². The fourth-order valence-electron chi connectivity index (χ4n) is 1.96. The van der Waals surface area contributed by atoms with Gasteiger partial charge in [0.15, 0.2) is 0 Å². The number of alkyl halides is 4. The molecule has 0 spiro atoms. The zero-order valence-electron chi connectivity index (χ0n) is 11.7. The fourth-order valence-corrected chi connectivity index (χ4v) is 4.03. The second kappa shape index (κ2) is 6.98. The molecule has 0 radical (unpaired) electrons. The van der Waals surface area contributed by atoms with E-state index in [1.54, 1.807) is 19.9 Å². The minimum absolute atomic E-state index is 0.0994. The Balaban J connectivity index is 3.29. The van der Waals surface area contributed by atoms with Crippen molar-refractivity contribution in [3.63, 3.8) is 0 Å². The van der Waals surface area contributed by atoms with E-state index in [1.165, 1.54) is 12.1 Å². The van der Waals surface area contributed by atoms with Gasteiger partial charge in [-0.3, -0.25) is 0 Å². The van der Waals surface area contributed by atoms with Crippen LogP contribution < -0.4 is 0 Å². The van der Waals surface area contributed by atoms with Gasteiger partial charge in [0.2, 0.25) is 10.0 Å². The number of hydrogen-bond donors (Lipinski definition) is 0. The lowest BCUT2D eigenvalue weighted by Gasteiger charge is -2.24. The van der Waals surface area contributed by atoms with Gasteiger partial charge in [0.1, 0.15) is 6.54 Å². The second-order valence-corrected chi connectivity index (χ2v) is 6.80. The van der Waals surface area contributed by atoms with E-state index in [9.17, 15) is 21.6 Å². The van der Waals surface area contributed by atoms with Crippen LogP contribution in [0.3, 0.4) is 0 Å². The number of nitrogens with zero attached hydrogens (tertiary/aromatic N) is 1. The summed E-state index contributed by atoms with van der Waals surface area (Å²) in [4.78, 5) is -0.127. The summed E-state index contributed by atoms with van der Waals surface area (Å²) in [5.41, 5.74) is 0.969. The smallest absolute Gasteiger partial charge is 0.207 e. The third-order valence-electron chi connectivity index (χ3n) is 2.99. The molecule has 0 fully saturated rings. The van der Waals surface area contributed by atoms with Gasteiger partial charge in [-0.05, 0) is 30.5 Å². The third kappa shape index (κ3) is 4.59. The molecule has 0 saturated heterocycles. The molecule has 0 bridgehead atoms. The molecule has 8 heteroatoms. The van der Waals surface area contributed by atoms with Gasteiger partial charge < -0.3 is 0 Å². The summed E-state index contributed by atoms with van der Waals surface area (Å²) in [5.74, 6) is 0.0994. The number of benzene rings is 1. The molecule has 1 rings (SSSR count). The first-order valence-electron chi connectivity index (χ1n) is 6.34. The average Bonchev–Trinajstić information content (AvgIpc) is 2.36. The first-order valence-corrected chi connectivity index (χ1v) is 8.32. The van der Waals surface area contributed by atoms with E-state index in [-0.39, 0.29) is 17.3 Å². The highest BCUT2D eigenvalue weighted by Crippen LogP contribution is 2.26. The van der Waals surface area contributed by atoms with Crippen LogP contribution in [0.1, 0.15) is 24.5 Å². The molecular formula is C13H17ClF3NO2S. The van der Waals surface area contributed by atoms with Crippen LogP contribution in [0.2, 0.25) is 0 Å². The predicted octanol–water partition coefficient (Wildman–Crippen LogP) is 3.70. The molecule has 1 aromatic rings. The molecule has 0 atom stereocenters. The summed E-state index contributed by atoms with van der Waals surface area (Å²) in [5, 5.41) is 0. The highest BCUT2D eigenvalue weighted by Gasteiger charge is 2.37. The molecule has 0 saturated carbocycles. The molecule has 21 heavy (non-hydrogen) atoms. The SMILES string of the molecule is CCCN(CC(F)(F)F)S(=O)(=O)c1cccc(CCl)c1C. The molecule has 0 unspecified atom stereocenters. The maximum absolute atomic E-state index is 12.6. The summed E-state index contributed by atoms with van der Waals surface area (Å²) >= 11 is 5.71. The maximum Gasteiger partial charge on any atom is 0.402 e. The summed E-state index contributed by atoms with van der Waals surface area (Å²) < 4.78 is 63.2. The summed E-state index contributed by atoms with van der Waals surface area (Å²) in [6.07, 6.45) is -4.29. The summed E-state index contributed by atoms with van der Waals surface area (Å²) in [6, 6.07) is 4.43. The Hall–Kier alpha value is -0.790. The minimum atomic E-state index is -4.58. The van der Waals surface area contributed by atoms with Crippen molar-refractivity contribution in [1.29, 1.82) is 0 Å². The topological polar surface area (TPSA) is 37.4 Å². The van der Waals surface area contributed by atoms with E-state index in [0.29, 0.717) is 21.9 Å². The second-order valence-electron chi connectivity index (χ2n) is 4.63. The highest BCUT2D eigenvalue weighted by atomic mass is 35.5. The molecule has 1 aromatic carbocycles. The molecule has 0 amide bonds. The quantitative estimate of drug-likeness (QED) is 0.739. The Morgan fingerprint density at radius 1 is 1.29 bits per heavy atom. The largest absolute Gasteiger partial charge is 0.402 e. The zero-order valence-corrected chi connectivity index (χ0v) is 13.3. The summed E-state index contributed by atoms with van der Waals surface area (Å²) in [6.45, 7) is 1.49. The highest BCUT2D eigenvalue weighted by molar-refractivity contribution is 7.89. The number of rotatable bonds is 6. The Kier molecular flexibility index (Phi) is 6.07. The lowest BCUT2D eigenvalue weighted by Crippen LogP contribution is -2.39. The van der Waals surface area contributed by atoms with Crippen LogP contribution in [-0.4, -0.2) is 32.0 Å². The predicted molar refractivity (Wildman–Crippen MR) is 75.8 cm³/mol. The number of halogens is 4. The van der Waals surface area contributed by atoms with Crippen LogP contribution in [0.4, 0.5) is 13.2 Å². The normalized spacial score (nSPS) is 12.9. The van der Waals surface area contributed by atoms with Crippen molar-refractivity contribution in [3.05, 3.63) is 29.3 Å². The minimum Gasteiger partial charge on any atom is -0.207 e. The van der Waals surface area contributed by atoms with Gasteiger partial charge in [-0.1, -0.05) is 19.1 Å². The van der Waals surface area contributed by atoms with E-state index in [4.69, 9.17) is 11.6 Å². The van der Waals surface area contributed by atoms with E-state index in [2.05, 4.69) is 0 Å². The van der Waals surface area contributed by atoms with E-state index < -0.39 is 22.7 Å². The summed E-state index contributed by atoms with van der Waals surface area (Å²) in [7, 11) is -4.20. The van der Waals surface area contributed by atoms with Crippen LogP contribution in [0, 0.1) is 6.92 Å². The first-order chi connectivity index (χ1) is 9.63. The van der Waals surface area contributed by atoms with E-state index in [1.807, 2.05) is 0 Å².